The van der Waals surface area contributed by atoms with E-state index in [0.29, 0.717) is 11.5 Å². The van der Waals surface area contributed by atoms with E-state index in [1.165, 1.54) is 12.1 Å². The van der Waals surface area contributed by atoms with E-state index in [4.69, 9.17) is 9.54 Å². The van der Waals surface area contributed by atoms with Crippen LogP contribution in [0.3, 0.4) is 0 Å². The lowest BCUT2D eigenvalue weighted by atomic mass is 10.1. The maximum atomic E-state index is 11.2. The minimum absolute atomic E-state index is 0.159. The van der Waals surface area contributed by atoms with Gasteiger partial charge in [0.05, 0.1) is 16.8 Å². The smallest absolute Gasteiger partial charge is 0.294 e. The summed E-state index contributed by atoms with van der Waals surface area (Å²) in [4.78, 5) is 4.54. The number of rotatable bonds is 4. The highest BCUT2D eigenvalue weighted by Crippen LogP contribution is 2.26. The molecule has 0 saturated carbocycles. The molecule has 0 aliphatic carbocycles. The number of hydrogen-bond acceptors (Lipinski definition) is 5. The monoisotopic (exact) mass is 380 g/mol. The predicted molar refractivity (Wildman–Crippen MR) is 103 cm³/mol. The zero-order valence-electron chi connectivity index (χ0n) is 14.4. The molecule has 136 valence electrons. The van der Waals surface area contributed by atoms with Crippen molar-refractivity contribution >= 4 is 27.3 Å². The Morgan fingerprint density at radius 2 is 1.74 bits per heavy atom. The van der Waals surface area contributed by atoms with Gasteiger partial charge in [-0.1, -0.05) is 30.3 Å². The number of aromatic nitrogens is 3. The summed E-state index contributed by atoms with van der Waals surface area (Å²) in [5, 5.41) is 7.59. The van der Waals surface area contributed by atoms with Crippen molar-refractivity contribution in [2.24, 2.45) is 0 Å². The summed E-state index contributed by atoms with van der Waals surface area (Å²) in [6.45, 7) is 1.94. The number of nitrogens with zero attached hydrogens (tertiary/aromatic N) is 3. The average molecular weight is 380 g/mol. The van der Waals surface area contributed by atoms with Crippen molar-refractivity contribution < 1.29 is 13.0 Å². The Kier molecular flexibility index (Phi) is 4.14. The van der Waals surface area contributed by atoms with Crippen molar-refractivity contribution in [2.75, 3.05) is 5.32 Å². The molecule has 4 rings (SSSR count). The molecule has 0 spiro atoms. The SMILES string of the molecule is Cc1cnn2c(Nc3ccc(S(=O)(=O)O)cc3)cc(-c3ccccc3)nc12. The van der Waals surface area contributed by atoms with Crippen molar-refractivity contribution in [3.05, 3.63) is 72.4 Å². The normalized spacial score (nSPS) is 11.6. The van der Waals surface area contributed by atoms with Gasteiger partial charge in [-0.15, -0.1) is 0 Å². The second-order valence-electron chi connectivity index (χ2n) is 6.08. The molecule has 0 aliphatic heterocycles. The fourth-order valence-corrected chi connectivity index (χ4v) is 3.26. The molecule has 0 atom stereocenters. The van der Waals surface area contributed by atoms with Crippen LogP contribution in [-0.2, 0) is 10.1 Å². The van der Waals surface area contributed by atoms with Crippen LogP contribution < -0.4 is 5.32 Å². The third-order valence-electron chi connectivity index (χ3n) is 4.14. The number of aryl methyl sites for hydroxylation is 1. The molecule has 2 N–H and O–H groups in total. The van der Waals surface area contributed by atoms with Crippen LogP contribution in [0.15, 0.2) is 71.8 Å². The molecule has 2 heterocycles. The minimum Gasteiger partial charge on any atom is -0.340 e. The highest BCUT2D eigenvalue weighted by atomic mass is 32.2. The molecule has 7 nitrogen and oxygen atoms in total. The summed E-state index contributed by atoms with van der Waals surface area (Å²) in [6.07, 6.45) is 1.74. The first kappa shape index (κ1) is 17.2. The molecular formula is C19H16N4O3S. The first-order valence-electron chi connectivity index (χ1n) is 8.17. The third kappa shape index (κ3) is 3.40. The number of fused-ring (bicyclic) bond motifs is 1. The molecule has 8 heteroatoms. The highest BCUT2D eigenvalue weighted by molar-refractivity contribution is 7.85. The van der Waals surface area contributed by atoms with Crippen LogP contribution in [0.5, 0.6) is 0 Å². The Morgan fingerprint density at radius 1 is 1.04 bits per heavy atom. The Bertz CT molecular complexity index is 1220. The number of nitrogens with one attached hydrogen (secondary N) is 1. The first-order chi connectivity index (χ1) is 12.9. The van der Waals surface area contributed by atoms with Crippen molar-refractivity contribution in [3.63, 3.8) is 0 Å². The van der Waals surface area contributed by atoms with Crippen LogP contribution in [0.25, 0.3) is 16.9 Å². The van der Waals surface area contributed by atoms with E-state index < -0.39 is 10.1 Å². The summed E-state index contributed by atoms with van der Waals surface area (Å²) in [7, 11) is -4.22. The van der Waals surface area contributed by atoms with Crippen molar-refractivity contribution in [3.8, 4) is 11.3 Å². The van der Waals surface area contributed by atoms with Gasteiger partial charge in [-0.05, 0) is 31.2 Å². The summed E-state index contributed by atoms with van der Waals surface area (Å²) in [5.74, 6) is 0.687. The molecule has 0 unspecified atom stereocenters. The molecule has 2 aromatic carbocycles. The van der Waals surface area contributed by atoms with Crippen molar-refractivity contribution in [1.29, 1.82) is 0 Å². The maximum absolute atomic E-state index is 11.2. The number of hydrogen-bond donors (Lipinski definition) is 2. The Balaban J connectivity index is 1.79. The van der Waals surface area contributed by atoms with Crippen molar-refractivity contribution in [2.45, 2.75) is 11.8 Å². The van der Waals surface area contributed by atoms with E-state index in [0.717, 1.165) is 22.5 Å². The van der Waals surface area contributed by atoms with E-state index in [9.17, 15) is 8.42 Å². The molecule has 0 amide bonds. The third-order valence-corrected chi connectivity index (χ3v) is 5.01. The van der Waals surface area contributed by atoms with Gasteiger partial charge in [-0.2, -0.15) is 18.0 Å². The van der Waals surface area contributed by atoms with E-state index >= 15 is 0 Å². The van der Waals surface area contributed by atoms with Crippen LogP contribution in [0.2, 0.25) is 0 Å². The maximum Gasteiger partial charge on any atom is 0.294 e. The van der Waals surface area contributed by atoms with Gasteiger partial charge in [-0.25, -0.2) is 4.98 Å². The summed E-state index contributed by atoms with van der Waals surface area (Å²) >= 11 is 0. The average Bonchev–Trinajstić information content (AvgIpc) is 3.03. The zero-order chi connectivity index (χ0) is 19.0. The molecule has 0 fully saturated rings. The minimum atomic E-state index is -4.22. The van der Waals surface area contributed by atoms with E-state index in [-0.39, 0.29) is 4.90 Å². The van der Waals surface area contributed by atoms with Gasteiger partial charge in [0, 0.05) is 22.9 Å². The van der Waals surface area contributed by atoms with Crippen LogP contribution in [0.1, 0.15) is 5.56 Å². The quantitative estimate of drug-likeness (QED) is 0.524. The summed E-state index contributed by atoms with van der Waals surface area (Å²) < 4.78 is 33.2. The van der Waals surface area contributed by atoms with E-state index in [1.54, 1.807) is 22.8 Å². The molecule has 0 saturated heterocycles. The highest BCUT2D eigenvalue weighted by Gasteiger charge is 2.12. The molecule has 2 aromatic heterocycles. The Labute approximate surface area is 156 Å². The number of benzene rings is 2. The molecule has 4 aromatic rings. The van der Waals surface area contributed by atoms with Crippen LogP contribution in [-0.4, -0.2) is 27.6 Å². The summed E-state index contributed by atoms with van der Waals surface area (Å²) in [5.41, 5.74) is 4.10. The standard InChI is InChI=1S/C19H16N4O3S/c1-13-12-20-23-18(21-15-7-9-16(10-8-15)27(24,25)26)11-17(22-19(13)23)14-5-3-2-4-6-14/h2-12,21H,1H3,(H,24,25,26). The largest absolute Gasteiger partial charge is 0.340 e. The van der Waals surface area contributed by atoms with Gasteiger partial charge in [0.2, 0.25) is 0 Å². The van der Waals surface area contributed by atoms with Crippen LogP contribution >= 0.6 is 0 Å². The second kappa shape index (κ2) is 6.49. The van der Waals surface area contributed by atoms with Gasteiger partial charge in [-0.3, -0.25) is 4.55 Å². The first-order valence-corrected chi connectivity index (χ1v) is 9.61. The van der Waals surface area contributed by atoms with Gasteiger partial charge >= 0.3 is 0 Å². The molecule has 0 bridgehead atoms. The Morgan fingerprint density at radius 3 is 2.41 bits per heavy atom. The molecular weight excluding hydrogens is 364 g/mol. The lowest BCUT2D eigenvalue weighted by Crippen LogP contribution is -2.03. The molecule has 27 heavy (non-hydrogen) atoms. The lowest BCUT2D eigenvalue weighted by molar-refractivity contribution is 0.483. The fourth-order valence-electron chi connectivity index (χ4n) is 2.78. The van der Waals surface area contributed by atoms with Gasteiger partial charge in [0.25, 0.3) is 10.1 Å². The van der Waals surface area contributed by atoms with Crippen LogP contribution in [0.4, 0.5) is 11.5 Å². The fraction of sp³-hybridized carbons (Fsp3) is 0.0526. The van der Waals surface area contributed by atoms with Gasteiger partial charge in [0.1, 0.15) is 5.82 Å². The Hall–Kier alpha value is -3.23. The van der Waals surface area contributed by atoms with E-state index in [2.05, 4.69) is 10.4 Å². The number of anilines is 2. The van der Waals surface area contributed by atoms with E-state index in [1.807, 2.05) is 43.3 Å². The van der Waals surface area contributed by atoms with Gasteiger partial charge < -0.3 is 5.32 Å². The summed E-state index contributed by atoms with van der Waals surface area (Å²) in [6, 6.07) is 17.5. The predicted octanol–water partition coefficient (Wildman–Crippen LogP) is 3.70. The topological polar surface area (TPSA) is 96.6 Å². The van der Waals surface area contributed by atoms with Gasteiger partial charge in [0.15, 0.2) is 5.65 Å². The van der Waals surface area contributed by atoms with Crippen molar-refractivity contribution in [1.82, 2.24) is 14.6 Å². The molecule has 0 radical (unpaired) electrons. The second-order valence-corrected chi connectivity index (χ2v) is 7.50. The zero-order valence-corrected chi connectivity index (χ0v) is 15.2. The lowest BCUT2D eigenvalue weighted by Gasteiger charge is -2.11. The van der Waals surface area contributed by atoms with Crippen LogP contribution in [0, 0.1) is 6.92 Å². The molecule has 0 aliphatic rings.